The summed E-state index contributed by atoms with van der Waals surface area (Å²) < 4.78 is 26.3. The van der Waals surface area contributed by atoms with E-state index in [1.165, 1.54) is 0 Å². The molecular weight excluding hydrogens is 208 g/mol. The fraction of sp³-hybridized carbons (Fsp3) is 0.222. The highest BCUT2D eigenvalue weighted by Gasteiger charge is 2.14. The van der Waals surface area contributed by atoms with Crippen LogP contribution in [0.1, 0.15) is 15.9 Å². The van der Waals surface area contributed by atoms with Gasteiger partial charge in [0, 0.05) is 6.42 Å². The summed E-state index contributed by atoms with van der Waals surface area (Å²) in [6.07, 6.45) is 0.0825. The summed E-state index contributed by atoms with van der Waals surface area (Å²) in [6, 6.07) is 1.47. The van der Waals surface area contributed by atoms with Crippen molar-refractivity contribution in [3.8, 4) is 0 Å². The predicted molar refractivity (Wildman–Crippen MR) is 47.2 cm³/mol. The third-order valence-electron chi connectivity index (χ3n) is 1.86. The molecule has 0 amide bonds. The standard InChI is InChI=1S/C9H9F2NO3/c10-7-4-6(9(13)14)8(11)3-5(7)1-2-15-12/h3-4H,1-2,12H2,(H,13,14). The summed E-state index contributed by atoms with van der Waals surface area (Å²) in [5, 5.41) is 8.51. The summed E-state index contributed by atoms with van der Waals surface area (Å²) in [5.41, 5.74) is -0.659. The molecule has 6 heteroatoms. The Morgan fingerprint density at radius 1 is 1.40 bits per heavy atom. The van der Waals surface area contributed by atoms with Crippen LogP contribution in [-0.2, 0) is 11.3 Å². The van der Waals surface area contributed by atoms with Crippen LogP contribution < -0.4 is 5.90 Å². The molecule has 1 aromatic carbocycles. The van der Waals surface area contributed by atoms with Crippen LogP contribution >= 0.6 is 0 Å². The molecule has 1 rings (SSSR count). The van der Waals surface area contributed by atoms with Gasteiger partial charge < -0.3 is 9.94 Å². The average molecular weight is 217 g/mol. The van der Waals surface area contributed by atoms with E-state index >= 15 is 0 Å². The number of carbonyl (C=O) groups is 1. The van der Waals surface area contributed by atoms with Crippen LogP contribution in [0.15, 0.2) is 12.1 Å². The van der Waals surface area contributed by atoms with Gasteiger partial charge in [-0.2, -0.15) is 0 Å². The number of nitrogens with two attached hydrogens (primary N) is 1. The molecule has 3 N–H and O–H groups in total. The SMILES string of the molecule is NOCCc1cc(F)c(C(=O)O)cc1F. The maximum absolute atomic E-state index is 13.2. The second kappa shape index (κ2) is 4.81. The first kappa shape index (κ1) is 11.5. The molecule has 0 bridgehead atoms. The lowest BCUT2D eigenvalue weighted by Gasteiger charge is -2.04. The number of benzene rings is 1. The van der Waals surface area contributed by atoms with E-state index in [1.807, 2.05) is 0 Å². The first-order chi connectivity index (χ1) is 7.06. The number of hydrogen-bond acceptors (Lipinski definition) is 3. The van der Waals surface area contributed by atoms with Crippen molar-refractivity contribution in [2.24, 2.45) is 5.90 Å². The van der Waals surface area contributed by atoms with Gasteiger partial charge in [0.1, 0.15) is 11.6 Å². The molecule has 0 aliphatic carbocycles. The van der Waals surface area contributed by atoms with Crippen molar-refractivity contribution in [1.29, 1.82) is 0 Å². The summed E-state index contributed by atoms with van der Waals surface area (Å²) in [6.45, 7) is 0.0305. The zero-order valence-corrected chi connectivity index (χ0v) is 7.67. The van der Waals surface area contributed by atoms with Crippen LogP contribution in [0.2, 0.25) is 0 Å². The van der Waals surface area contributed by atoms with Crippen molar-refractivity contribution in [3.05, 3.63) is 34.9 Å². The molecule has 0 unspecified atom stereocenters. The van der Waals surface area contributed by atoms with Gasteiger partial charge in [0.05, 0.1) is 12.2 Å². The molecule has 0 heterocycles. The third kappa shape index (κ3) is 2.71. The van der Waals surface area contributed by atoms with Crippen molar-refractivity contribution in [1.82, 2.24) is 0 Å². The average Bonchev–Trinajstić information content (AvgIpc) is 2.18. The molecule has 0 radical (unpaired) electrons. The van der Waals surface area contributed by atoms with E-state index in [-0.39, 0.29) is 18.6 Å². The minimum absolute atomic E-state index is 0.0305. The lowest BCUT2D eigenvalue weighted by Crippen LogP contribution is -2.08. The summed E-state index contributed by atoms with van der Waals surface area (Å²) >= 11 is 0. The van der Waals surface area contributed by atoms with Gasteiger partial charge in [-0.3, -0.25) is 0 Å². The monoisotopic (exact) mass is 217 g/mol. The fourth-order valence-electron chi connectivity index (χ4n) is 1.11. The Balaban J connectivity index is 3.02. The van der Waals surface area contributed by atoms with E-state index in [4.69, 9.17) is 11.0 Å². The number of carboxylic acid groups (broad SMARTS) is 1. The lowest BCUT2D eigenvalue weighted by atomic mass is 10.1. The molecule has 0 aliphatic heterocycles. The smallest absolute Gasteiger partial charge is 0.338 e. The van der Waals surface area contributed by atoms with Crippen molar-refractivity contribution < 1.29 is 23.5 Å². The molecular formula is C9H9F2NO3. The van der Waals surface area contributed by atoms with Gasteiger partial charge >= 0.3 is 5.97 Å². The Hall–Kier alpha value is -1.53. The summed E-state index contributed by atoms with van der Waals surface area (Å²) in [4.78, 5) is 14.7. The number of rotatable bonds is 4. The highest BCUT2D eigenvalue weighted by atomic mass is 19.1. The highest BCUT2D eigenvalue weighted by Crippen LogP contribution is 2.15. The van der Waals surface area contributed by atoms with E-state index in [9.17, 15) is 13.6 Å². The van der Waals surface area contributed by atoms with Gasteiger partial charge in [0.25, 0.3) is 0 Å². The Morgan fingerprint density at radius 2 is 2.07 bits per heavy atom. The van der Waals surface area contributed by atoms with E-state index < -0.39 is 23.2 Å². The second-order valence-corrected chi connectivity index (χ2v) is 2.85. The Kier molecular flexibility index (Phi) is 3.70. The summed E-state index contributed by atoms with van der Waals surface area (Å²) in [5.74, 6) is 1.46. The Labute approximate surface area is 84.2 Å². The zero-order chi connectivity index (χ0) is 11.4. The molecule has 0 saturated heterocycles. The molecule has 1 aromatic rings. The predicted octanol–water partition coefficient (Wildman–Crippen LogP) is 1.10. The number of hydrogen-bond donors (Lipinski definition) is 2. The molecule has 0 fully saturated rings. The maximum Gasteiger partial charge on any atom is 0.338 e. The van der Waals surface area contributed by atoms with Crippen LogP contribution in [0.5, 0.6) is 0 Å². The zero-order valence-electron chi connectivity index (χ0n) is 7.67. The van der Waals surface area contributed by atoms with Gasteiger partial charge in [0.2, 0.25) is 0 Å². The summed E-state index contributed by atoms with van der Waals surface area (Å²) in [7, 11) is 0. The minimum Gasteiger partial charge on any atom is -0.478 e. The largest absolute Gasteiger partial charge is 0.478 e. The molecule has 0 atom stereocenters. The molecule has 15 heavy (non-hydrogen) atoms. The molecule has 0 spiro atoms. The highest BCUT2D eigenvalue weighted by molar-refractivity contribution is 5.87. The Morgan fingerprint density at radius 3 is 2.60 bits per heavy atom. The van der Waals surface area contributed by atoms with E-state index in [0.29, 0.717) is 6.07 Å². The first-order valence-electron chi connectivity index (χ1n) is 4.09. The van der Waals surface area contributed by atoms with E-state index in [0.717, 1.165) is 6.07 Å². The van der Waals surface area contributed by atoms with E-state index in [2.05, 4.69) is 4.84 Å². The topological polar surface area (TPSA) is 72.5 Å². The molecule has 0 aliphatic rings. The van der Waals surface area contributed by atoms with Crippen LogP contribution in [0.25, 0.3) is 0 Å². The number of carboxylic acids is 1. The third-order valence-corrected chi connectivity index (χ3v) is 1.86. The molecule has 4 nitrogen and oxygen atoms in total. The van der Waals surface area contributed by atoms with Gasteiger partial charge in [-0.15, -0.1) is 0 Å². The van der Waals surface area contributed by atoms with E-state index in [1.54, 1.807) is 0 Å². The minimum atomic E-state index is -1.51. The molecule has 0 saturated carbocycles. The van der Waals surface area contributed by atoms with Crippen molar-refractivity contribution in [2.75, 3.05) is 6.61 Å². The normalized spacial score (nSPS) is 10.3. The van der Waals surface area contributed by atoms with Crippen molar-refractivity contribution in [3.63, 3.8) is 0 Å². The number of aromatic carboxylic acids is 1. The van der Waals surface area contributed by atoms with Crippen LogP contribution in [0.4, 0.5) is 8.78 Å². The van der Waals surface area contributed by atoms with Gasteiger partial charge in [0.15, 0.2) is 0 Å². The quantitative estimate of drug-likeness (QED) is 0.740. The van der Waals surface area contributed by atoms with Gasteiger partial charge in [-0.05, 0) is 17.7 Å². The lowest BCUT2D eigenvalue weighted by molar-refractivity contribution is 0.0691. The van der Waals surface area contributed by atoms with Gasteiger partial charge in [-0.25, -0.2) is 19.5 Å². The van der Waals surface area contributed by atoms with Crippen LogP contribution in [0, 0.1) is 11.6 Å². The first-order valence-corrected chi connectivity index (χ1v) is 4.09. The fourth-order valence-corrected chi connectivity index (χ4v) is 1.11. The van der Waals surface area contributed by atoms with Crippen LogP contribution in [-0.4, -0.2) is 17.7 Å². The van der Waals surface area contributed by atoms with Crippen molar-refractivity contribution >= 4 is 5.97 Å². The van der Waals surface area contributed by atoms with Crippen molar-refractivity contribution in [2.45, 2.75) is 6.42 Å². The Bertz CT molecular complexity index is 382. The van der Waals surface area contributed by atoms with Gasteiger partial charge in [-0.1, -0.05) is 0 Å². The van der Waals surface area contributed by atoms with Crippen LogP contribution in [0.3, 0.4) is 0 Å². The molecule has 0 aromatic heterocycles. The second-order valence-electron chi connectivity index (χ2n) is 2.85. The molecule has 82 valence electrons. The number of halogens is 2. The maximum atomic E-state index is 13.2.